The number of urea groups is 1. The molecular formula is C16H19N3O2. The highest BCUT2D eigenvalue weighted by molar-refractivity contribution is 5.89. The summed E-state index contributed by atoms with van der Waals surface area (Å²) in [4.78, 5) is 15.9. The number of rotatable bonds is 5. The first-order valence-corrected chi connectivity index (χ1v) is 6.89. The molecule has 0 saturated carbocycles. The van der Waals surface area contributed by atoms with Crippen LogP contribution in [0.5, 0.6) is 5.75 Å². The number of amides is 2. The van der Waals surface area contributed by atoms with Crippen LogP contribution >= 0.6 is 0 Å². The van der Waals surface area contributed by atoms with Gasteiger partial charge in [-0.2, -0.15) is 0 Å². The Balaban J connectivity index is 1.89. The monoisotopic (exact) mass is 285 g/mol. The average molecular weight is 285 g/mol. The van der Waals surface area contributed by atoms with E-state index in [9.17, 15) is 4.79 Å². The molecule has 5 heteroatoms. The Morgan fingerprint density at radius 2 is 1.86 bits per heavy atom. The normalized spacial score (nSPS) is 11.5. The Kier molecular flexibility index (Phi) is 5.15. The number of aromatic nitrogens is 1. The summed E-state index contributed by atoms with van der Waals surface area (Å²) in [6, 6.07) is 10.7. The molecule has 110 valence electrons. The van der Waals surface area contributed by atoms with Gasteiger partial charge < -0.3 is 15.4 Å². The van der Waals surface area contributed by atoms with Crippen LogP contribution < -0.4 is 15.4 Å². The first-order chi connectivity index (χ1) is 10.2. The summed E-state index contributed by atoms with van der Waals surface area (Å²) in [6.07, 6.45) is 3.41. The third-order valence-corrected chi connectivity index (χ3v) is 2.98. The van der Waals surface area contributed by atoms with E-state index in [1.807, 2.05) is 50.2 Å². The molecule has 1 aromatic heterocycles. The van der Waals surface area contributed by atoms with Gasteiger partial charge in [-0.15, -0.1) is 0 Å². The number of nitrogens with one attached hydrogen (secondary N) is 2. The van der Waals surface area contributed by atoms with Crippen molar-refractivity contribution < 1.29 is 9.53 Å². The largest absolute Gasteiger partial charge is 0.494 e. The van der Waals surface area contributed by atoms with E-state index in [1.54, 1.807) is 12.4 Å². The van der Waals surface area contributed by atoms with E-state index < -0.39 is 0 Å². The van der Waals surface area contributed by atoms with Gasteiger partial charge in [0.1, 0.15) is 5.75 Å². The highest BCUT2D eigenvalue weighted by atomic mass is 16.5. The van der Waals surface area contributed by atoms with Crippen molar-refractivity contribution in [3.8, 4) is 5.75 Å². The van der Waals surface area contributed by atoms with Crippen LogP contribution in [0.2, 0.25) is 0 Å². The molecule has 0 aliphatic carbocycles. The van der Waals surface area contributed by atoms with Gasteiger partial charge in [-0.25, -0.2) is 4.79 Å². The SMILES string of the molecule is CCOc1ccc(NC(=O)NC(C)c2ccncc2)cc1. The van der Waals surface area contributed by atoms with Crippen molar-refractivity contribution in [1.82, 2.24) is 10.3 Å². The third-order valence-electron chi connectivity index (χ3n) is 2.98. The van der Waals surface area contributed by atoms with Crippen molar-refractivity contribution in [2.75, 3.05) is 11.9 Å². The topological polar surface area (TPSA) is 63.2 Å². The lowest BCUT2D eigenvalue weighted by molar-refractivity contribution is 0.249. The van der Waals surface area contributed by atoms with E-state index in [0.29, 0.717) is 6.61 Å². The Morgan fingerprint density at radius 3 is 2.48 bits per heavy atom. The molecule has 21 heavy (non-hydrogen) atoms. The fourth-order valence-corrected chi connectivity index (χ4v) is 1.90. The second kappa shape index (κ2) is 7.28. The summed E-state index contributed by atoms with van der Waals surface area (Å²) in [5.41, 5.74) is 1.73. The molecule has 1 aromatic carbocycles. The molecule has 2 N–H and O–H groups in total. The number of pyridine rings is 1. The van der Waals surface area contributed by atoms with Crippen molar-refractivity contribution in [3.05, 3.63) is 54.4 Å². The molecule has 1 atom stereocenters. The molecule has 2 amide bonds. The quantitative estimate of drug-likeness (QED) is 0.885. The fourth-order valence-electron chi connectivity index (χ4n) is 1.90. The lowest BCUT2D eigenvalue weighted by Crippen LogP contribution is -2.31. The van der Waals surface area contributed by atoms with Crippen LogP contribution in [0.15, 0.2) is 48.8 Å². The van der Waals surface area contributed by atoms with Crippen LogP contribution in [-0.4, -0.2) is 17.6 Å². The highest BCUT2D eigenvalue weighted by Crippen LogP contribution is 2.16. The minimum atomic E-state index is -0.247. The molecule has 0 aliphatic rings. The minimum Gasteiger partial charge on any atom is -0.494 e. The van der Waals surface area contributed by atoms with Crippen LogP contribution in [-0.2, 0) is 0 Å². The third kappa shape index (κ3) is 4.49. The molecule has 2 aromatic rings. The summed E-state index contributed by atoms with van der Waals surface area (Å²) < 4.78 is 5.35. The van der Waals surface area contributed by atoms with Gasteiger partial charge in [0.15, 0.2) is 0 Å². The van der Waals surface area contributed by atoms with Gasteiger partial charge in [-0.3, -0.25) is 4.98 Å². The van der Waals surface area contributed by atoms with Gasteiger partial charge in [0.2, 0.25) is 0 Å². The maximum Gasteiger partial charge on any atom is 0.319 e. The smallest absolute Gasteiger partial charge is 0.319 e. The summed E-state index contributed by atoms with van der Waals surface area (Å²) in [7, 11) is 0. The maximum atomic E-state index is 11.9. The molecule has 0 radical (unpaired) electrons. The van der Waals surface area contributed by atoms with Gasteiger partial charge in [0, 0.05) is 18.1 Å². The number of nitrogens with zero attached hydrogens (tertiary/aromatic N) is 1. The van der Waals surface area contributed by atoms with Crippen LogP contribution in [0.25, 0.3) is 0 Å². The molecule has 2 rings (SSSR count). The number of hydrogen-bond acceptors (Lipinski definition) is 3. The van der Waals surface area contributed by atoms with Crippen LogP contribution in [0.3, 0.4) is 0 Å². The molecule has 1 unspecified atom stereocenters. The maximum absolute atomic E-state index is 11.9. The van der Waals surface area contributed by atoms with E-state index in [2.05, 4.69) is 15.6 Å². The van der Waals surface area contributed by atoms with Crippen molar-refractivity contribution in [2.24, 2.45) is 0 Å². The second-order valence-electron chi connectivity index (χ2n) is 4.56. The van der Waals surface area contributed by atoms with Gasteiger partial charge >= 0.3 is 6.03 Å². The van der Waals surface area contributed by atoms with Gasteiger partial charge in [0.05, 0.1) is 12.6 Å². The Hall–Kier alpha value is -2.56. The number of carbonyl (C=O) groups is 1. The number of ether oxygens (including phenoxy) is 1. The zero-order valence-electron chi connectivity index (χ0n) is 12.2. The molecule has 0 spiro atoms. The van der Waals surface area contributed by atoms with Gasteiger partial charge in [-0.1, -0.05) is 0 Å². The average Bonchev–Trinajstić information content (AvgIpc) is 2.50. The molecule has 0 saturated heterocycles. The molecule has 1 heterocycles. The molecular weight excluding hydrogens is 266 g/mol. The Morgan fingerprint density at radius 1 is 1.19 bits per heavy atom. The first kappa shape index (κ1) is 14.8. The van der Waals surface area contributed by atoms with Crippen LogP contribution in [0, 0.1) is 0 Å². The summed E-state index contributed by atoms with van der Waals surface area (Å²) >= 11 is 0. The van der Waals surface area contributed by atoms with E-state index in [-0.39, 0.29) is 12.1 Å². The number of benzene rings is 1. The summed E-state index contributed by atoms with van der Waals surface area (Å²) in [5.74, 6) is 0.786. The van der Waals surface area contributed by atoms with Crippen molar-refractivity contribution in [3.63, 3.8) is 0 Å². The predicted molar refractivity (Wildman–Crippen MR) is 82.4 cm³/mol. The number of hydrogen-bond donors (Lipinski definition) is 2. The Bertz CT molecular complexity index is 570. The lowest BCUT2D eigenvalue weighted by Gasteiger charge is -2.15. The number of anilines is 1. The first-order valence-electron chi connectivity index (χ1n) is 6.89. The predicted octanol–water partition coefficient (Wildman–Crippen LogP) is 3.36. The van der Waals surface area contributed by atoms with Gasteiger partial charge in [-0.05, 0) is 55.8 Å². The molecule has 5 nitrogen and oxygen atoms in total. The lowest BCUT2D eigenvalue weighted by atomic mass is 10.1. The van der Waals surface area contributed by atoms with Crippen molar-refractivity contribution >= 4 is 11.7 Å². The molecule has 0 aliphatic heterocycles. The number of carbonyl (C=O) groups excluding carboxylic acids is 1. The molecule has 0 bridgehead atoms. The van der Waals surface area contributed by atoms with Crippen LogP contribution in [0.1, 0.15) is 25.5 Å². The highest BCUT2D eigenvalue weighted by Gasteiger charge is 2.09. The van der Waals surface area contributed by atoms with E-state index >= 15 is 0 Å². The second-order valence-corrected chi connectivity index (χ2v) is 4.56. The van der Waals surface area contributed by atoms with Crippen LogP contribution in [0.4, 0.5) is 10.5 Å². The summed E-state index contributed by atoms with van der Waals surface area (Å²) in [6.45, 7) is 4.48. The standard InChI is InChI=1S/C16H19N3O2/c1-3-21-15-6-4-14(5-7-15)19-16(20)18-12(2)13-8-10-17-11-9-13/h4-12H,3H2,1-2H3,(H2,18,19,20). The zero-order valence-corrected chi connectivity index (χ0v) is 12.2. The van der Waals surface area contributed by atoms with Crippen molar-refractivity contribution in [2.45, 2.75) is 19.9 Å². The van der Waals surface area contributed by atoms with E-state index in [4.69, 9.17) is 4.74 Å². The van der Waals surface area contributed by atoms with Gasteiger partial charge in [0.25, 0.3) is 0 Å². The van der Waals surface area contributed by atoms with Crippen molar-refractivity contribution in [1.29, 1.82) is 0 Å². The Labute approximate surface area is 124 Å². The summed E-state index contributed by atoms with van der Waals surface area (Å²) in [5, 5.41) is 5.67. The fraction of sp³-hybridized carbons (Fsp3) is 0.250. The zero-order chi connectivity index (χ0) is 15.1. The van der Waals surface area contributed by atoms with E-state index in [0.717, 1.165) is 17.0 Å². The molecule has 0 fully saturated rings. The van der Waals surface area contributed by atoms with E-state index in [1.165, 1.54) is 0 Å². The minimum absolute atomic E-state index is 0.0873.